The van der Waals surface area contributed by atoms with Crippen molar-refractivity contribution in [1.29, 1.82) is 0 Å². The van der Waals surface area contributed by atoms with Crippen LogP contribution in [0, 0.1) is 5.92 Å². The van der Waals surface area contributed by atoms with E-state index in [1.807, 2.05) is 0 Å². The van der Waals surface area contributed by atoms with Gasteiger partial charge in [-0.15, -0.1) is 24.0 Å². The molecule has 0 heterocycles. The summed E-state index contributed by atoms with van der Waals surface area (Å²) in [4.78, 5) is 16.1. The molecule has 3 N–H and O–H groups in total. The van der Waals surface area contributed by atoms with Gasteiger partial charge in [-0.1, -0.05) is 34.5 Å². The van der Waals surface area contributed by atoms with Crippen molar-refractivity contribution in [1.82, 2.24) is 16.0 Å². The maximum absolute atomic E-state index is 11.8. The molecular formula is C20H30BrIN4O. The minimum absolute atomic E-state index is 0. The number of guanidine groups is 1. The van der Waals surface area contributed by atoms with Crippen LogP contribution in [0.4, 0.5) is 0 Å². The first-order chi connectivity index (χ1) is 12.6. The summed E-state index contributed by atoms with van der Waals surface area (Å²) in [6, 6.07) is 8.60. The van der Waals surface area contributed by atoms with Gasteiger partial charge in [0.2, 0.25) is 5.91 Å². The van der Waals surface area contributed by atoms with Crippen molar-refractivity contribution >= 4 is 51.8 Å². The standard InChI is InChI=1S/C20H29BrN4O.HI/c1-22-19(24-12-4-11-23-18(26)15-5-2-6-15)25-14-20(9-10-20)16-7-3-8-17(21)13-16;/h3,7-8,13,15H,2,4-6,9-12,14H2,1H3,(H,23,26)(H2,22,24,25);1H. The lowest BCUT2D eigenvalue weighted by molar-refractivity contribution is -0.127. The average molecular weight is 549 g/mol. The molecule has 7 heteroatoms. The molecule has 3 rings (SSSR count). The van der Waals surface area contributed by atoms with Gasteiger partial charge in [0.25, 0.3) is 0 Å². The van der Waals surface area contributed by atoms with E-state index in [2.05, 4.69) is 61.1 Å². The Morgan fingerprint density at radius 1 is 1.22 bits per heavy atom. The molecule has 0 unspecified atom stereocenters. The molecule has 1 aromatic carbocycles. The molecular weight excluding hydrogens is 519 g/mol. The fourth-order valence-corrected chi connectivity index (χ4v) is 3.73. The van der Waals surface area contributed by atoms with E-state index in [1.165, 1.54) is 24.8 Å². The molecule has 0 atom stereocenters. The number of hydrogen-bond donors (Lipinski definition) is 3. The summed E-state index contributed by atoms with van der Waals surface area (Å²) in [5.41, 5.74) is 1.62. The summed E-state index contributed by atoms with van der Waals surface area (Å²) in [5.74, 6) is 1.32. The van der Waals surface area contributed by atoms with E-state index in [0.717, 1.165) is 49.3 Å². The Kier molecular flexibility index (Phi) is 8.85. The quantitative estimate of drug-likeness (QED) is 0.201. The second kappa shape index (κ2) is 10.6. The third-order valence-corrected chi connectivity index (χ3v) is 6.02. The summed E-state index contributed by atoms with van der Waals surface area (Å²) >= 11 is 3.57. The van der Waals surface area contributed by atoms with Gasteiger partial charge < -0.3 is 16.0 Å². The van der Waals surface area contributed by atoms with Crippen molar-refractivity contribution in [3.8, 4) is 0 Å². The minimum atomic E-state index is 0. The molecule has 5 nitrogen and oxygen atoms in total. The summed E-state index contributed by atoms with van der Waals surface area (Å²) in [5, 5.41) is 9.83. The lowest BCUT2D eigenvalue weighted by Crippen LogP contribution is -2.42. The number of rotatable bonds is 8. The first-order valence-electron chi connectivity index (χ1n) is 9.61. The number of halogens is 2. The predicted molar refractivity (Wildman–Crippen MR) is 125 cm³/mol. The molecule has 0 aliphatic heterocycles. The number of nitrogens with zero attached hydrogens (tertiary/aromatic N) is 1. The van der Waals surface area contributed by atoms with E-state index in [0.29, 0.717) is 0 Å². The Balaban J connectivity index is 0.00000261. The van der Waals surface area contributed by atoms with E-state index in [9.17, 15) is 4.79 Å². The van der Waals surface area contributed by atoms with Gasteiger partial charge in [0.05, 0.1) is 0 Å². The van der Waals surface area contributed by atoms with Crippen molar-refractivity contribution in [2.24, 2.45) is 10.9 Å². The van der Waals surface area contributed by atoms with Crippen LogP contribution >= 0.6 is 39.9 Å². The van der Waals surface area contributed by atoms with Gasteiger partial charge in [-0.05, 0) is 49.8 Å². The van der Waals surface area contributed by atoms with Gasteiger partial charge in [0.1, 0.15) is 0 Å². The number of amides is 1. The zero-order chi connectivity index (χ0) is 18.4. The second-order valence-corrected chi connectivity index (χ2v) is 8.33. The largest absolute Gasteiger partial charge is 0.356 e. The van der Waals surface area contributed by atoms with Crippen molar-refractivity contribution < 1.29 is 4.79 Å². The third kappa shape index (κ3) is 6.34. The molecule has 0 spiro atoms. The van der Waals surface area contributed by atoms with Gasteiger partial charge in [0, 0.05) is 42.5 Å². The number of carbonyl (C=O) groups is 1. The number of benzene rings is 1. The Bertz CT molecular complexity index is 659. The molecule has 0 saturated heterocycles. The summed E-state index contributed by atoms with van der Waals surface area (Å²) < 4.78 is 1.13. The zero-order valence-electron chi connectivity index (χ0n) is 15.9. The first-order valence-corrected chi connectivity index (χ1v) is 10.4. The lowest BCUT2D eigenvalue weighted by Gasteiger charge is -2.24. The average Bonchev–Trinajstić information content (AvgIpc) is 3.37. The predicted octanol–water partition coefficient (Wildman–Crippen LogP) is 3.57. The van der Waals surface area contributed by atoms with Crippen LogP contribution in [-0.4, -0.2) is 38.5 Å². The van der Waals surface area contributed by atoms with Gasteiger partial charge in [-0.25, -0.2) is 0 Å². The highest BCUT2D eigenvalue weighted by Crippen LogP contribution is 2.48. The minimum Gasteiger partial charge on any atom is -0.356 e. The Hall–Kier alpha value is -0.830. The maximum atomic E-state index is 11.8. The SMILES string of the molecule is CN=C(NCCCNC(=O)C1CCC1)NCC1(c2cccc(Br)c2)CC1.I. The molecule has 0 radical (unpaired) electrons. The van der Waals surface area contributed by atoms with E-state index in [-0.39, 0.29) is 41.2 Å². The highest BCUT2D eigenvalue weighted by molar-refractivity contribution is 14.0. The lowest BCUT2D eigenvalue weighted by atomic mass is 9.85. The molecule has 2 aliphatic carbocycles. The number of nitrogens with one attached hydrogen (secondary N) is 3. The van der Waals surface area contributed by atoms with Gasteiger partial charge in [-0.2, -0.15) is 0 Å². The molecule has 150 valence electrons. The highest BCUT2D eigenvalue weighted by atomic mass is 127. The number of hydrogen-bond acceptors (Lipinski definition) is 2. The Morgan fingerprint density at radius 3 is 2.56 bits per heavy atom. The summed E-state index contributed by atoms with van der Waals surface area (Å²) in [7, 11) is 1.80. The van der Waals surface area contributed by atoms with Crippen LogP contribution in [0.1, 0.15) is 44.1 Å². The van der Waals surface area contributed by atoms with E-state index >= 15 is 0 Å². The van der Waals surface area contributed by atoms with E-state index in [4.69, 9.17) is 0 Å². The van der Waals surface area contributed by atoms with Crippen LogP contribution < -0.4 is 16.0 Å². The van der Waals surface area contributed by atoms with Crippen molar-refractivity contribution in [3.05, 3.63) is 34.3 Å². The van der Waals surface area contributed by atoms with Crippen molar-refractivity contribution in [2.45, 2.75) is 43.9 Å². The molecule has 27 heavy (non-hydrogen) atoms. The number of carbonyl (C=O) groups excluding carboxylic acids is 1. The molecule has 1 amide bonds. The summed E-state index contributed by atoms with van der Waals surface area (Å²) in [6.45, 7) is 2.41. The van der Waals surface area contributed by atoms with Crippen LogP contribution in [0.5, 0.6) is 0 Å². The van der Waals surface area contributed by atoms with Gasteiger partial charge in [0.15, 0.2) is 5.96 Å². The fraction of sp³-hybridized carbons (Fsp3) is 0.600. The van der Waals surface area contributed by atoms with E-state index < -0.39 is 0 Å². The zero-order valence-corrected chi connectivity index (χ0v) is 19.8. The topological polar surface area (TPSA) is 65.5 Å². The maximum Gasteiger partial charge on any atom is 0.223 e. The van der Waals surface area contributed by atoms with Crippen LogP contribution in [0.25, 0.3) is 0 Å². The van der Waals surface area contributed by atoms with Crippen LogP contribution in [-0.2, 0) is 10.2 Å². The third-order valence-electron chi connectivity index (χ3n) is 5.53. The van der Waals surface area contributed by atoms with Crippen LogP contribution in [0.2, 0.25) is 0 Å². The first kappa shape index (κ1) is 22.5. The van der Waals surface area contributed by atoms with Crippen LogP contribution in [0.3, 0.4) is 0 Å². The Morgan fingerprint density at radius 2 is 1.96 bits per heavy atom. The molecule has 0 aromatic heterocycles. The van der Waals surface area contributed by atoms with Crippen molar-refractivity contribution in [3.63, 3.8) is 0 Å². The molecule has 1 aromatic rings. The van der Waals surface area contributed by atoms with Gasteiger partial charge in [-0.3, -0.25) is 9.79 Å². The Labute approximate surface area is 187 Å². The normalized spacial score (nSPS) is 18.1. The summed E-state index contributed by atoms with van der Waals surface area (Å²) in [6.07, 6.45) is 6.63. The second-order valence-electron chi connectivity index (χ2n) is 7.42. The van der Waals surface area contributed by atoms with Crippen molar-refractivity contribution in [2.75, 3.05) is 26.7 Å². The highest BCUT2D eigenvalue weighted by Gasteiger charge is 2.44. The van der Waals surface area contributed by atoms with E-state index in [1.54, 1.807) is 7.05 Å². The molecule has 2 saturated carbocycles. The smallest absolute Gasteiger partial charge is 0.223 e. The van der Waals surface area contributed by atoms with Crippen LogP contribution in [0.15, 0.2) is 33.7 Å². The molecule has 2 aliphatic rings. The molecule has 2 fully saturated rings. The molecule has 0 bridgehead atoms. The monoisotopic (exact) mass is 548 g/mol. The fourth-order valence-electron chi connectivity index (χ4n) is 3.33. The van der Waals surface area contributed by atoms with Gasteiger partial charge >= 0.3 is 0 Å². The number of aliphatic imine (C=N–C) groups is 1.